The molecule has 0 heterocycles. The monoisotopic (exact) mass is 670 g/mol. The molecule has 2 fully saturated rings. The molecule has 0 unspecified atom stereocenters. The average molecular weight is 672 g/mol. The summed E-state index contributed by atoms with van der Waals surface area (Å²) >= 11 is 0. The van der Waals surface area contributed by atoms with Gasteiger partial charge in [0.25, 0.3) is 0 Å². The largest absolute Gasteiger partial charge is 1.00 e. The molecule has 1 N–H and O–H groups in total. The van der Waals surface area contributed by atoms with Gasteiger partial charge in [-0.15, -0.1) is 6.54 Å². The molecule has 0 spiro atoms. The summed E-state index contributed by atoms with van der Waals surface area (Å²) in [6.07, 6.45) is 15.0. The Labute approximate surface area is 263 Å². The average Bonchev–Trinajstić information content (AvgIpc) is 2.99. The van der Waals surface area contributed by atoms with Crippen molar-refractivity contribution in [1.29, 1.82) is 0 Å². The Morgan fingerprint density at radius 1 is 0.750 bits per heavy atom. The molecule has 0 aromatic heterocycles. The van der Waals surface area contributed by atoms with Crippen LogP contribution in [0.1, 0.15) is 69.8 Å². The Morgan fingerprint density at radius 2 is 1.30 bits per heavy atom. The molecule has 0 radical (unpaired) electrons. The summed E-state index contributed by atoms with van der Waals surface area (Å²) < 4.78 is 11.6. The van der Waals surface area contributed by atoms with Crippen LogP contribution in [0.15, 0.2) is 66.7 Å². The topological polar surface area (TPSA) is 42.3 Å². The number of halogens is 1. The van der Waals surface area contributed by atoms with E-state index in [0.717, 1.165) is 40.4 Å². The van der Waals surface area contributed by atoms with Crippen molar-refractivity contribution >= 4 is 13.2 Å². The zero-order chi connectivity index (χ0) is 26.6. The maximum absolute atomic E-state index is 6.92. The summed E-state index contributed by atoms with van der Waals surface area (Å²) in [5, 5.41) is 1.59. The van der Waals surface area contributed by atoms with Crippen molar-refractivity contribution in [3.8, 4) is 22.6 Å². The number of nitrogens with one attached hydrogen (secondary N) is 1. The standard InChI is InChI=1S/C26H35O2P.C8H9N.ClH.Pd/c1-27-23-17-11-18-24(28-2)26(23)22-16-9-10-19-25(22)29(20-12-5-3-6-13-20)21-14-7-4-8-15-21;9-7-6-8-4-2-1-3-5-8;;/h9-11,16-21H,3-8,12-15H2,1-2H3;1-4,9H,6-7H2;1H;/q;-2;;/p-1. The van der Waals surface area contributed by atoms with E-state index in [1.165, 1.54) is 69.8 Å². The molecule has 3 aromatic carbocycles. The van der Waals surface area contributed by atoms with Crippen LogP contribution in [0.25, 0.3) is 16.9 Å². The van der Waals surface area contributed by atoms with Gasteiger partial charge in [-0.25, -0.2) is 0 Å². The Bertz CT molecular complexity index is 1060. The van der Waals surface area contributed by atoms with Crippen LogP contribution < -0.4 is 27.2 Å². The van der Waals surface area contributed by atoms with E-state index in [0.29, 0.717) is 6.54 Å². The first-order valence-corrected chi connectivity index (χ1v) is 15.9. The molecule has 0 atom stereocenters. The smallest absolute Gasteiger partial charge is 0.130 e. The van der Waals surface area contributed by atoms with Gasteiger partial charge in [-0.1, -0.05) is 83.2 Å². The molecule has 3 aromatic rings. The third kappa shape index (κ3) is 9.31. The van der Waals surface area contributed by atoms with Gasteiger partial charge in [-0.05, 0) is 60.0 Å². The molecule has 2 saturated carbocycles. The Balaban J connectivity index is 0.000000437. The molecule has 6 heteroatoms. The minimum Gasteiger partial charge on any atom is -1.00 e. The van der Waals surface area contributed by atoms with Crippen molar-refractivity contribution in [2.45, 2.75) is 81.9 Å². The Hall–Kier alpha value is -1.40. The number of hydrogen-bond donors (Lipinski definition) is 0. The molecule has 2 aliphatic rings. The fourth-order valence-electron chi connectivity index (χ4n) is 6.16. The summed E-state index contributed by atoms with van der Waals surface area (Å²) in [4.78, 5) is 0. The van der Waals surface area contributed by atoms with E-state index < -0.39 is 0 Å². The van der Waals surface area contributed by atoms with Gasteiger partial charge in [0.1, 0.15) is 11.5 Å². The van der Waals surface area contributed by atoms with Gasteiger partial charge in [0, 0.05) is 20.4 Å². The van der Waals surface area contributed by atoms with Gasteiger partial charge in [-0.2, -0.15) is 35.9 Å². The third-order valence-corrected chi connectivity index (χ3v) is 11.5. The number of methoxy groups -OCH3 is 2. The zero-order valence-corrected chi connectivity index (χ0v) is 27.2. The van der Waals surface area contributed by atoms with Crippen molar-refractivity contribution in [3.63, 3.8) is 0 Å². The van der Waals surface area contributed by atoms with E-state index in [2.05, 4.69) is 42.5 Å². The normalized spacial score (nSPS) is 15.7. The summed E-state index contributed by atoms with van der Waals surface area (Å²) in [7, 11) is 3.36. The van der Waals surface area contributed by atoms with Crippen LogP contribution in [0.3, 0.4) is 0 Å². The van der Waals surface area contributed by atoms with Crippen molar-refractivity contribution in [3.05, 3.63) is 84.1 Å². The van der Waals surface area contributed by atoms with Gasteiger partial charge in [0.05, 0.1) is 19.8 Å². The summed E-state index contributed by atoms with van der Waals surface area (Å²) in [6.45, 7) is 0.459. The zero-order valence-electron chi connectivity index (χ0n) is 23.9. The van der Waals surface area contributed by atoms with E-state index in [-0.39, 0.29) is 40.8 Å². The number of benzene rings is 3. The molecule has 40 heavy (non-hydrogen) atoms. The minimum absolute atomic E-state index is 0. The predicted octanol–water partition coefficient (Wildman–Crippen LogP) is 6.23. The quantitative estimate of drug-likeness (QED) is 0.162. The van der Waals surface area contributed by atoms with Crippen LogP contribution in [-0.4, -0.2) is 32.1 Å². The molecule has 222 valence electrons. The molecule has 5 rings (SSSR count). The second-order valence-corrected chi connectivity index (χ2v) is 13.2. The summed E-state index contributed by atoms with van der Waals surface area (Å²) in [6, 6.07) is 26.2. The van der Waals surface area contributed by atoms with Crippen molar-refractivity contribution in [1.82, 2.24) is 0 Å². The minimum atomic E-state index is -0.182. The van der Waals surface area contributed by atoms with Gasteiger partial charge >= 0.3 is 0 Å². The van der Waals surface area contributed by atoms with Crippen LogP contribution in [0.5, 0.6) is 11.5 Å². The van der Waals surface area contributed by atoms with Crippen LogP contribution in [0.2, 0.25) is 0 Å². The van der Waals surface area contributed by atoms with E-state index in [1.54, 1.807) is 19.5 Å². The van der Waals surface area contributed by atoms with Crippen LogP contribution in [-0.2, 0) is 26.8 Å². The predicted molar refractivity (Wildman–Crippen MR) is 163 cm³/mol. The van der Waals surface area contributed by atoms with E-state index in [1.807, 2.05) is 30.3 Å². The maximum Gasteiger partial charge on any atom is 0.130 e. The molecule has 2 aliphatic carbocycles. The van der Waals surface area contributed by atoms with Crippen LogP contribution in [0.4, 0.5) is 0 Å². The molecular weight excluding hydrogens is 627 g/mol. The first-order valence-electron chi connectivity index (χ1n) is 14.5. The first kappa shape index (κ1) is 34.8. The Morgan fingerprint density at radius 3 is 1.80 bits per heavy atom. The van der Waals surface area contributed by atoms with Gasteiger partial charge in [-0.3, -0.25) is 0 Å². The SMILES string of the molecule is COc1cccc(OC)c1-c1ccccc1P(C1CCCCC1)C1CCCCC1.[Cl-].[NH-]CCc1[c-]cccc1.[Pd]. The maximum atomic E-state index is 6.92. The van der Waals surface area contributed by atoms with Crippen LogP contribution in [0, 0.1) is 6.07 Å². The molecule has 0 bridgehead atoms. The summed E-state index contributed by atoms with van der Waals surface area (Å²) in [5.74, 6) is 1.83. The van der Waals surface area contributed by atoms with E-state index in [4.69, 9.17) is 15.2 Å². The number of rotatable bonds is 8. The van der Waals surface area contributed by atoms with Crippen LogP contribution >= 0.6 is 7.92 Å². The summed E-state index contributed by atoms with van der Waals surface area (Å²) in [5.41, 5.74) is 12.3. The van der Waals surface area contributed by atoms with E-state index >= 15 is 0 Å². The fourth-order valence-corrected chi connectivity index (χ4v) is 10.1. The Kier molecular flexibility index (Phi) is 16.5. The van der Waals surface area contributed by atoms with Gasteiger partial charge < -0.3 is 27.6 Å². The van der Waals surface area contributed by atoms with Gasteiger partial charge in [0.15, 0.2) is 0 Å². The second kappa shape index (κ2) is 18.9. The molecule has 3 nitrogen and oxygen atoms in total. The fraction of sp³-hybridized carbons (Fsp3) is 0.471. The van der Waals surface area contributed by atoms with Crippen molar-refractivity contribution < 1.29 is 42.3 Å². The molecule has 0 amide bonds. The number of ether oxygens (including phenoxy) is 2. The molecule has 0 aliphatic heterocycles. The van der Waals surface area contributed by atoms with Crippen molar-refractivity contribution in [2.75, 3.05) is 20.8 Å². The number of hydrogen-bond acceptors (Lipinski definition) is 2. The molecular formula is C34H44ClNO2PPd-3. The third-order valence-electron chi connectivity index (χ3n) is 7.98. The van der Waals surface area contributed by atoms with Crippen molar-refractivity contribution in [2.24, 2.45) is 0 Å². The molecule has 0 saturated heterocycles. The first-order chi connectivity index (χ1) is 18.8. The van der Waals surface area contributed by atoms with Gasteiger partial charge in [0.2, 0.25) is 0 Å². The second-order valence-electron chi connectivity index (χ2n) is 10.4. The van der Waals surface area contributed by atoms with E-state index in [9.17, 15) is 0 Å².